The molecule has 1 fully saturated rings. The highest BCUT2D eigenvalue weighted by molar-refractivity contribution is 5.69. The first-order valence-electron chi connectivity index (χ1n) is 16.5. The van der Waals surface area contributed by atoms with Gasteiger partial charge in [-0.2, -0.15) is 0 Å². The molecule has 0 aromatic rings. The van der Waals surface area contributed by atoms with Crippen molar-refractivity contribution in [3.05, 3.63) is 0 Å². The Morgan fingerprint density at radius 2 is 0.944 bits per heavy atom. The van der Waals surface area contributed by atoms with E-state index in [4.69, 9.17) is 4.74 Å². The lowest BCUT2D eigenvalue weighted by Crippen LogP contribution is -2.42. The molecule has 3 heteroatoms. The summed E-state index contributed by atoms with van der Waals surface area (Å²) < 4.78 is 5.86. The Morgan fingerprint density at radius 1 is 0.611 bits per heavy atom. The lowest BCUT2D eigenvalue weighted by molar-refractivity contribution is -0.162. The van der Waals surface area contributed by atoms with Gasteiger partial charge >= 0.3 is 5.97 Å². The van der Waals surface area contributed by atoms with Gasteiger partial charge in [0.05, 0.1) is 0 Å². The maximum Gasteiger partial charge on any atom is 0.306 e. The van der Waals surface area contributed by atoms with Gasteiger partial charge in [-0.25, -0.2) is 0 Å². The van der Waals surface area contributed by atoms with Crippen LogP contribution in [0.5, 0.6) is 0 Å². The molecule has 1 saturated heterocycles. The summed E-state index contributed by atoms with van der Waals surface area (Å²) in [4.78, 5) is 12.3. The van der Waals surface area contributed by atoms with E-state index in [0.29, 0.717) is 12.3 Å². The highest BCUT2D eigenvalue weighted by Gasteiger charge is 2.33. The van der Waals surface area contributed by atoms with E-state index in [2.05, 4.69) is 26.1 Å². The molecule has 0 saturated carbocycles. The fourth-order valence-electron chi connectivity index (χ4n) is 5.82. The minimum Gasteiger partial charge on any atom is -0.459 e. The van der Waals surface area contributed by atoms with Gasteiger partial charge in [0, 0.05) is 12.3 Å². The molecule has 0 atom stereocenters. The molecule has 1 aliphatic rings. The molecule has 1 aliphatic heterocycles. The molecule has 1 heterocycles. The van der Waals surface area contributed by atoms with Crippen LogP contribution in [0.4, 0.5) is 0 Å². The first-order valence-corrected chi connectivity index (χ1v) is 16.5. The second-order valence-electron chi connectivity index (χ2n) is 12.3. The van der Waals surface area contributed by atoms with Crippen molar-refractivity contribution in [2.75, 3.05) is 13.1 Å². The molecule has 0 spiro atoms. The first kappa shape index (κ1) is 33.5. The zero-order valence-corrected chi connectivity index (χ0v) is 25.0. The van der Waals surface area contributed by atoms with E-state index in [1.807, 2.05) is 0 Å². The summed E-state index contributed by atoms with van der Waals surface area (Å²) >= 11 is 0. The fourth-order valence-corrected chi connectivity index (χ4v) is 5.82. The van der Waals surface area contributed by atoms with Crippen LogP contribution < -0.4 is 5.32 Å². The van der Waals surface area contributed by atoms with Crippen molar-refractivity contribution in [1.29, 1.82) is 0 Å². The summed E-state index contributed by atoms with van der Waals surface area (Å²) in [6.45, 7) is 8.58. The van der Waals surface area contributed by atoms with Gasteiger partial charge in [-0.15, -0.1) is 0 Å². The number of unbranched alkanes of at least 4 members (excludes halogenated alkanes) is 21. The largest absolute Gasteiger partial charge is 0.459 e. The molecule has 1 rings (SSSR count). The van der Waals surface area contributed by atoms with Crippen molar-refractivity contribution in [3.8, 4) is 0 Å². The quantitative estimate of drug-likeness (QED) is 0.0986. The van der Waals surface area contributed by atoms with Gasteiger partial charge in [0.2, 0.25) is 0 Å². The number of hydrogen-bond donors (Lipinski definition) is 1. The number of esters is 1. The monoisotopic (exact) mass is 508 g/mol. The van der Waals surface area contributed by atoms with Crippen LogP contribution in [0, 0.1) is 5.92 Å². The molecule has 214 valence electrons. The predicted molar refractivity (Wildman–Crippen MR) is 158 cm³/mol. The summed E-state index contributed by atoms with van der Waals surface area (Å²) in [5.74, 6) is 0.499. The summed E-state index contributed by atoms with van der Waals surface area (Å²) in [6, 6.07) is 0. The van der Waals surface area contributed by atoms with Crippen LogP contribution in [0.2, 0.25) is 0 Å². The molecule has 0 bridgehead atoms. The van der Waals surface area contributed by atoms with Crippen LogP contribution in [-0.4, -0.2) is 24.7 Å². The summed E-state index contributed by atoms with van der Waals surface area (Å²) in [5.41, 5.74) is -0.313. The van der Waals surface area contributed by atoms with Gasteiger partial charge in [0.15, 0.2) is 0 Å². The molecule has 0 radical (unpaired) electrons. The molecule has 0 unspecified atom stereocenters. The third-order valence-electron chi connectivity index (χ3n) is 8.43. The van der Waals surface area contributed by atoms with Crippen molar-refractivity contribution in [3.63, 3.8) is 0 Å². The van der Waals surface area contributed by atoms with E-state index >= 15 is 0 Å². The van der Waals surface area contributed by atoms with Crippen LogP contribution >= 0.6 is 0 Å². The van der Waals surface area contributed by atoms with Crippen molar-refractivity contribution in [2.45, 2.75) is 187 Å². The number of piperidine rings is 1. The fraction of sp³-hybridized carbons (Fsp3) is 0.970. The third-order valence-corrected chi connectivity index (χ3v) is 8.43. The van der Waals surface area contributed by atoms with E-state index in [-0.39, 0.29) is 11.6 Å². The van der Waals surface area contributed by atoms with Gasteiger partial charge in [0.25, 0.3) is 0 Å². The molecule has 0 amide bonds. The Balaban J connectivity index is 1.76. The number of hydrogen-bond acceptors (Lipinski definition) is 3. The van der Waals surface area contributed by atoms with Crippen LogP contribution in [0.25, 0.3) is 0 Å². The number of ether oxygens (including phenoxy) is 1. The van der Waals surface area contributed by atoms with Gasteiger partial charge < -0.3 is 10.1 Å². The number of carbonyl (C=O) groups is 1. The van der Waals surface area contributed by atoms with Crippen molar-refractivity contribution >= 4 is 5.97 Å². The van der Waals surface area contributed by atoms with E-state index in [9.17, 15) is 4.79 Å². The Labute approximate surface area is 226 Å². The number of carbonyl (C=O) groups excluding carboxylic acids is 1. The minimum absolute atomic E-state index is 0.00620. The summed E-state index contributed by atoms with van der Waals surface area (Å²) in [5, 5.41) is 3.39. The van der Waals surface area contributed by atoms with E-state index in [1.54, 1.807) is 0 Å². The van der Waals surface area contributed by atoms with Crippen LogP contribution in [-0.2, 0) is 9.53 Å². The first-order chi connectivity index (χ1) is 17.6. The van der Waals surface area contributed by atoms with Crippen molar-refractivity contribution < 1.29 is 9.53 Å². The van der Waals surface area contributed by atoms with Gasteiger partial charge in [-0.05, 0) is 46.2 Å². The zero-order chi connectivity index (χ0) is 26.2. The van der Waals surface area contributed by atoms with Crippen molar-refractivity contribution in [2.24, 2.45) is 5.92 Å². The maximum atomic E-state index is 12.3. The minimum atomic E-state index is -0.313. The highest BCUT2D eigenvalue weighted by atomic mass is 16.6. The highest BCUT2D eigenvalue weighted by Crippen LogP contribution is 2.29. The Bertz CT molecular complexity index is 484. The van der Waals surface area contributed by atoms with Gasteiger partial charge in [-0.1, -0.05) is 142 Å². The molecular weight excluding hydrogens is 442 g/mol. The smallest absolute Gasteiger partial charge is 0.306 e. The lowest BCUT2D eigenvalue weighted by Gasteiger charge is -2.36. The Morgan fingerprint density at radius 3 is 1.31 bits per heavy atom. The average Bonchev–Trinajstić information content (AvgIpc) is 2.87. The topological polar surface area (TPSA) is 38.3 Å². The van der Waals surface area contributed by atoms with Crippen molar-refractivity contribution in [1.82, 2.24) is 5.32 Å². The SMILES string of the molecule is CCCCCCCCCCCCCCCCCCCCCCCCC(=O)OC(C)(C)C1CCNCC1. The lowest BCUT2D eigenvalue weighted by atomic mass is 9.83. The number of rotatable bonds is 25. The predicted octanol–water partition coefficient (Wildman–Crippen LogP) is 10.3. The van der Waals surface area contributed by atoms with Crippen LogP contribution in [0.3, 0.4) is 0 Å². The Hall–Kier alpha value is -0.570. The normalized spacial score (nSPS) is 14.9. The molecular formula is C33H65NO2. The molecule has 36 heavy (non-hydrogen) atoms. The van der Waals surface area contributed by atoms with Gasteiger partial charge in [0.1, 0.15) is 5.60 Å². The molecule has 1 N–H and O–H groups in total. The maximum absolute atomic E-state index is 12.3. The second kappa shape index (κ2) is 23.5. The standard InChI is InChI=1S/C33H65NO2/c1-4-5-6-7-8-9-10-11-12-13-14-15-16-17-18-19-20-21-22-23-24-25-26-32(35)36-33(2,3)31-27-29-34-30-28-31/h31,34H,4-30H2,1-3H3. The zero-order valence-electron chi connectivity index (χ0n) is 25.0. The summed E-state index contributed by atoms with van der Waals surface area (Å²) in [7, 11) is 0. The molecule has 0 aromatic carbocycles. The average molecular weight is 508 g/mol. The molecule has 0 aromatic heterocycles. The van der Waals surface area contributed by atoms with Gasteiger partial charge in [-0.3, -0.25) is 4.79 Å². The Kier molecular flexibility index (Phi) is 21.9. The van der Waals surface area contributed by atoms with E-state index in [1.165, 1.54) is 135 Å². The second-order valence-corrected chi connectivity index (χ2v) is 12.3. The van der Waals surface area contributed by atoms with Crippen LogP contribution in [0.1, 0.15) is 181 Å². The summed E-state index contributed by atoms with van der Waals surface area (Å²) in [6.07, 6.45) is 33.5. The van der Waals surface area contributed by atoms with Crippen LogP contribution in [0.15, 0.2) is 0 Å². The third kappa shape index (κ3) is 19.5. The van der Waals surface area contributed by atoms with E-state index < -0.39 is 0 Å². The molecule has 3 nitrogen and oxygen atoms in total. The van der Waals surface area contributed by atoms with E-state index in [0.717, 1.165) is 32.4 Å². The molecule has 0 aliphatic carbocycles. The number of nitrogens with one attached hydrogen (secondary N) is 1.